The average Bonchev–Trinajstić information content (AvgIpc) is 2.32. The first-order valence-electron chi connectivity index (χ1n) is 4.74. The van der Waals surface area contributed by atoms with Crippen LogP contribution in [0.3, 0.4) is 0 Å². The van der Waals surface area contributed by atoms with Crippen molar-refractivity contribution in [1.82, 2.24) is 5.32 Å². The normalized spacial score (nSPS) is 33.6. The number of hydrogen-bond donors (Lipinski definition) is 2. The molecular formula is C10H19NO2. The van der Waals surface area contributed by atoms with E-state index in [1.807, 2.05) is 13.8 Å². The van der Waals surface area contributed by atoms with Crippen LogP contribution in [0.25, 0.3) is 0 Å². The zero-order valence-corrected chi connectivity index (χ0v) is 8.47. The van der Waals surface area contributed by atoms with E-state index in [4.69, 9.17) is 4.74 Å². The number of nitrogens with one attached hydrogen (secondary N) is 1. The van der Waals surface area contributed by atoms with Gasteiger partial charge >= 0.3 is 0 Å². The second-order valence-corrected chi connectivity index (χ2v) is 3.93. The Morgan fingerprint density at radius 1 is 1.77 bits per heavy atom. The molecule has 13 heavy (non-hydrogen) atoms. The summed E-state index contributed by atoms with van der Waals surface area (Å²) in [4.78, 5) is 0. The molecule has 0 bridgehead atoms. The quantitative estimate of drug-likeness (QED) is 0.633. The Balaban J connectivity index is 2.30. The van der Waals surface area contributed by atoms with Gasteiger partial charge in [-0.05, 0) is 13.8 Å². The van der Waals surface area contributed by atoms with Gasteiger partial charge in [0.05, 0.1) is 6.10 Å². The smallest absolute Gasteiger partial charge is 0.105 e. The van der Waals surface area contributed by atoms with Gasteiger partial charge in [0.2, 0.25) is 0 Å². The molecule has 1 fully saturated rings. The van der Waals surface area contributed by atoms with Gasteiger partial charge in [-0.1, -0.05) is 12.2 Å². The maximum atomic E-state index is 10.1. The predicted octanol–water partition coefficient (Wildman–Crippen LogP) is 0.692. The second kappa shape index (κ2) is 4.22. The zero-order chi connectivity index (χ0) is 9.90. The van der Waals surface area contributed by atoms with Crippen molar-refractivity contribution in [3.63, 3.8) is 0 Å². The summed E-state index contributed by atoms with van der Waals surface area (Å²) in [6.45, 7) is 9.66. The second-order valence-electron chi connectivity index (χ2n) is 3.93. The molecule has 1 aliphatic heterocycles. The summed E-state index contributed by atoms with van der Waals surface area (Å²) in [5.41, 5.74) is 0.394. The lowest BCUT2D eigenvalue weighted by Crippen LogP contribution is -2.46. The first-order valence-corrected chi connectivity index (χ1v) is 4.74. The molecule has 1 heterocycles. The summed E-state index contributed by atoms with van der Waals surface area (Å²) in [6.07, 6.45) is 0.655. The molecule has 3 nitrogen and oxygen atoms in total. The summed E-state index contributed by atoms with van der Waals surface area (Å²) >= 11 is 0. The zero-order valence-electron chi connectivity index (χ0n) is 8.47. The molecule has 0 radical (unpaired) electrons. The summed E-state index contributed by atoms with van der Waals surface area (Å²) in [6, 6.07) is 0. The van der Waals surface area contributed by atoms with Gasteiger partial charge in [0.25, 0.3) is 0 Å². The van der Waals surface area contributed by atoms with Crippen molar-refractivity contribution in [3.8, 4) is 0 Å². The topological polar surface area (TPSA) is 41.5 Å². The Hall–Kier alpha value is -0.380. The van der Waals surface area contributed by atoms with Crippen molar-refractivity contribution in [3.05, 3.63) is 12.2 Å². The molecule has 3 heteroatoms. The molecule has 0 aromatic carbocycles. The summed E-state index contributed by atoms with van der Waals surface area (Å²) in [5, 5.41) is 13.2. The van der Waals surface area contributed by atoms with Crippen molar-refractivity contribution < 1.29 is 9.84 Å². The summed E-state index contributed by atoms with van der Waals surface area (Å²) in [7, 11) is 0. The van der Waals surface area contributed by atoms with Gasteiger partial charge in [0.15, 0.2) is 0 Å². The number of ether oxygens (including phenoxy) is 1. The van der Waals surface area contributed by atoms with Gasteiger partial charge in [-0.2, -0.15) is 0 Å². The minimum atomic E-state index is -0.685. The molecule has 2 unspecified atom stereocenters. The van der Waals surface area contributed by atoms with Crippen molar-refractivity contribution >= 4 is 0 Å². The number of rotatable bonds is 4. The van der Waals surface area contributed by atoms with Gasteiger partial charge in [-0.15, -0.1) is 0 Å². The molecule has 0 aromatic rings. The largest absolute Gasteiger partial charge is 0.386 e. The van der Waals surface area contributed by atoms with Crippen LogP contribution in [0.15, 0.2) is 12.2 Å². The van der Waals surface area contributed by atoms with Gasteiger partial charge in [0, 0.05) is 26.1 Å². The van der Waals surface area contributed by atoms with Gasteiger partial charge in [0.1, 0.15) is 5.60 Å². The first-order chi connectivity index (χ1) is 6.04. The van der Waals surface area contributed by atoms with Crippen LogP contribution in [0.4, 0.5) is 0 Å². The molecule has 0 saturated carbocycles. The molecule has 1 aliphatic rings. The third-order valence-electron chi connectivity index (χ3n) is 2.52. The highest BCUT2D eigenvalue weighted by Crippen LogP contribution is 2.24. The van der Waals surface area contributed by atoms with E-state index in [0.29, 0.717) is 13.2 Å². The highest BCUT2D eigenvalue weighted by molar-refractivity contribution is 4.95. The molecule has 1 saturated heterocycles. The Bertz CT molecular complexity index is 193. The number of aliphatic hydroxyl groups is 1. The maximum Gasteiger partial charge on any atom is 0.105 e. The van der Waals surface area contributed by atoms with Crippen LogP contribution in [0.1, 0.15) is 20.3 Å². The molecule has 0 aromatic heterocycles. The van der Waals surface area contributed by atoms with Crippen molar-refractivity contribution in [1.29, 1.82) is 0 Å². The van der Waals surface area contributed by atoms with Crippen LogP contribution in [-0.2, 0) is 4.74 Å². The van der Waals surface area contributed by atoms with Crippen LogP contribution in [0.2, 0.25) is 0 Å². The van der Waals surface area contributed by atoms with Crippen molar-refractivity contribution in [2.45, 2.75) is 32.0 Å². The predicted molar refractivity (Wildman–Crippen MR) is 52.7 cm³/mol. The van der Waals surface area contributed by atoms with Gasteiger partial charge < -0.3 is 15.2 Å². The van der Waals surface area contributed by atoms with Crippen LogP contribution in [-0.4, -0.2) is 36.5 Å². The molecule has 0 aliphatic carbocycles. The lowest BCUT2D eigenvalue weighted by Gasteiger charge is -2.26. The molecule has 76 valence electrons. The Morgan fingerprint density at radius 2 is 2.46 bits per heavy atom. The minimum absolute atomic E-state index is 0.0647. The fraction of sp³-hybridized carbons (Fsp3) is 0.800. The van der Waals surface area contributed by atoms with Crippen LogP contribution >= 0.6 is 0 Å². The molecule has 0 spiro atoms. The molecule has 0 amide bonds. The monoisotopic (exact) mass is 185 g/mol. The summed E-state index contributed by atoms with van der Waals surface area (Å²) < 4.78 is 5.31. The third kappa shape index (κ3) is 2.79. The van der Waals surface area contributed by atoms with Crippen molar-refractivity contribution in [2.75, 3.05) is 19.7 Å². The lowest BCUT2D eigenvalue weighted by molar-refractivity contribution is -0.0256. The summed E-state index contributed by atoms with van der Waals surface area (Å²) in [5.74, 6) is 0. The fourth-order valence-electron chi connectivity index (χ4n) is 1.50. The van der Waals surface area contributed by atoms with Crippen LogP contribution < -0.4 is 5.32 Å². The van der Waals surface area contributed by atoms with Gasteiger partial charge in [-0.3, -0.25) is 0 Å². The van der Waals surface area contributed by atoms with E-state index in [2.05, 4.69) is 11.9 Å². The van der Waals surface area contributed by atoms with E-state index < -0.39 is 5.60 Å². The molecular weight excluding hydrogens is 166 g/mol. The molecule has 2 N–H and O–H groups in total. The van der Waals surface area contributed by atoms with Crippen LogP contribution in [0.5, 0.6) is 0 Å². The fourth-order valence-corrected chi connectivity index (χ4v) is 1.50. The van der Waals surface area contributed by atoms with E-state index in [1.54, 1.807) is 0 Å². The Kier molecular flexibility index (Phi) is 3.47. The minimum Gasteiger partial charge on any atom is -0.386 e. The first kappa shape index (κ1) is 10.7. The van der Waals surface area contributed by atoms with E-state index in [9.17, 15) is 5.11 Å². The Morgan fingerprint density at radius 3 is 2.92 bits per heavy atom. The highest BCUT2D eigenvalue weighted by atomic mass is 16.5. The molecule has 2 atom stereocenters. The van der Waals surface area contributed by atoms with Crippen LogP contribution in [0, 0.1) is 0 Å². The van der Waals surface area contributed by atoms with E-state index in [0.717, 1.165) is 18.5 Å². The third-order valence-corrected chi connectivity index (χ3v) is 2.52. The van der Waals surface area contributed by atoms with Gasteiger partial charge in [-0.25, -0.2) is 0 Å². The van der Waals surface area contributed by atoms with E-state index in [1.165, 1.54) is 0 Å². The molecule has 1 rings (SSSR count). The highest BCUT2D eigenvalue weighted by Gasteiger charge is 2.38. The van der Waals surface area contributed by atoms with Crippen molar-refractivity contribution in [2.24, 2.45) is 0 Å². The standard InChI is InChI=1S/C10H19NO2/c1-8(2)6-11-7-10(12)4-5-13-9(10)3/h9,11-12H,1,4-7H2,2-3H3. The SMILES string of the molecule is C=C(C)CNCC1(O)CCOC1C. The van der Waals surface area contributed by atoms with E-state index in [-0.39, 0.29) is 6.10 Å². The average molecular weight is 185 g/mol. The number of hydrogen-bond acceptors (Lipinski definition) is 3. The Labute approximate surface area is 79.8 Å². The maximum absolute atomic E-state index is 10.1. The lowest BCUT2D eigenvalue weighted by atomic mass is 9.97. The van der Waals surface area contributed by atoms with E-state index >= 15 is 0 Å².